The second-order valence-corrected chi connectivity index (χ2v) is 9.97. The van der Waals surface area contributed by atoms with Gasteiger partial charge in [-0.3, -0.25) is 0 Å². The van der Waals surface area contributed by atoms with Crippen molar-refractivity contribution in [2.75, 3.05) is 33.3 Å². The number of sulfonamides is 1. The van der Waals surface area contributed by atoms with Crippen molar-refractivity contribution in [1.29, 1.82) is 0 Å². The van der Waals surface area contributed by atoms with Gasteiger partial charge in [0.2, 0.25) is 10.0 Å². The molecule has 168 valence electrons. The average Bonchev–Trinajstić information content (AvgIpc) is 2.68. The molecule has 1 aromatic carbocycles. The molecule has 0 fully saturated rings. The van der Waals surface area contributed by atoms with Gasteiger partial charge < -0.3 is 19.8 Å². The van der Waals surface area contributed by atoms with E-state index in [4.69, 9.17) is 4.74 Å². The molecule has 1 aliphatic rings. The van der Waals surface area contributed by atoms with Crippen molar-refractivity contribution in [3.8, 4) is 17.6 Å². The highest BCUT2D eigenvalue weighted by Gasteiger charge is 2.38. The summed E-state index contributed by atoms with van der Waals surface area (Å²) >= 11 is 0. The van der Waals surface area contributed by atoms with Crippen molar-refractivity contribution in [3.05, 3.63) is 23.8 Å². The molecule has 2 rings (SSSR count). The fraction of sp³-hybridized carbons (Fsp3) is 0.636. The third-order valence-corrected chi connectivity index (χ3v) is 7.21. The minimum absolute atomic E-state index is 0.0699. The lowest BCUT2D eigenvalue weighted by molar-refractivity contribution is 0.0752. The van der Waals surface area contributed by atoms with Gasteiger partial charge in [-0.2, -0.15) is 4.31 Å². The molecule has 0 saturated heterocycles. The van der Waals surface area contributed by atoms with Gasteiger partial charge in [0.25, 0.3) is 0 Å². The van der Waals surface area contributed by atoms with E-state index in [0.29, 0.717) is 12.1 Å². The Morgan fingerprint density at radius 1 is 1.37 bits per heavy atom. The van der Waals surface area contributed by atoms with Crippen molar-refractivity contribution in [2.24, 2.45) is 5.92 Å². The van der Waals surface area contributed by atoms with Crippen molar-refractivity contribution in [2.45, 2.75) is 57.3 Å². The van der Waals surface area contributed by atoms with Crippen LogP contribution in [0.2, 0.25) is 0 Å². The highest BCUT2D eigenvalue weighted by Crippen LogP contribution is 2.34. The van der Waals surface area contributed by atoms with Gasteiger partial charge in [-0.25, -0.2) is 8.42 Å². The largest absolute Gasteiger partial charge is 0.487 e. The van der Waals surface area contributed by atoms with E-state index in [2.05, 4.69) is 23.7 Å². The number of rotatable bonds is 6. The summed E-state index contributed by atoms with van der Waals surface area (Å²) < 4.78 is 34.4. The normalized spacial score (nSPS) is 23.3. The Bertz CT molecular complexity index is 875. The number of benzene rings is 1. The van der Waals surface area contributed by atoms with Crippen molar-refractivity contribution in [3.63, 3.8) is 0 Å². The summed E-state index contributed by atoms with van der Waals surface area (Å²) in [6.45, 7) is 8.91. The van der Waals surface area contributed by atoms with Crippen LogP contribution in [0.15, 0.2) is 23.1 Å². The molecule has 0 aromatic heterocycles. The summed E-state index contributed by atoms with van der Waals surface area (Å²) in [7, 11) is -1.84. The molecule has 1 heterocycles. The first-order valence-electron chi connectivity index (χ1n) is 10.4. The molecule has 7 nitrogen and oxygen atoms in total. The van der Waals surface area contributed by atoms with Gasteiger partial charge in [0.1, 0.15) is 22.9 Å². The van der Waals surface area contributed by atoms with Crippen LogP contribution in [-0.4, -0.2) is 79.4 Å². The molecule has 8 heteroatoms. The third-order valence-electron chi connectivity index (χ3n) is 5.19. The Morgan fingerprint density at radius 3 is 2.67 bits per heavy atom. The summed E-state index contributed by atoms with van der Waals surface area (Å²) in [6, 6.07) is 4.18. The molecule has 0 aliphatic carbocycles. The Kier molecular flexibility index (Phi) is 8.71. The van der Waals surface area contributed by atoms with Crippen LogP contribution in [0.1, 0.15) is 39.7 Å². The summed E-state index contributed by atoms with van der Waals surface area (Å²) in [5.74, 6) is 5.69. The van der Waals surface area contributed by atoms with Crippen LogP contribution in [0.25, 0.3) is 0 Å². The van der Waals surface area contributed by atoms with Crippen molar-refractivity contribution < 1.29 is 23.4 Å². The number of aliphatic hydroxyl groups is 2. The number of nitrogens with zero attached hydrogens (tertiary/aromatic N) is 2. The Morgan fingerprint density at radius 2 is 2.07 bits per heavy atom. The van der Waals surface area contributed by atoms with Gasteiger partial charge in [0, 0.05) is 30.6 Å². The summed E-state index contributed by atoms with van der Waals surface area (Å²) in [5.41, 5.74) is 0.570. The van der Waals surface area contributed by atoms with E-state index in [1.54, 1.807) is 26.0 Å². The molecule has 4 atom stereocenters. The quantitative estimate of drug-likeness (QED) is 0.655. The van der Waals surface area contributed by atoms with Crippen LogP contribution in [0.3, 0.4) is 0 Å². The highest BCUT2D eigenvalue weighted by atomic mass is 32.2. The average molecular weight is 439 g/mol. The van der Waals surface area contributed by atoms with E-state index in [-0.39, 0.29) is 35.8 Å². The minimum Gasteiger partial charge on any atom is -0.487 e. The first kappa shape index (κ1) is 24.6. The van der Waals surface area contributed by atoms with Gasteiger partial charge in [0.05, 0.1) is 6.61 Å². The molecule has 0 saturated carbocycles. The Balaban J connectivity index is 2.56. The molecule has 2 N–H and O–H groups in total. The number of aliphatic hydroxyl groups excluding tert-OH is 2. The Hall–Kier alpha value is -1.63. The SMILES string of the molecule is CCCN(C)C[C@@H]1Oc2cc(C#C[C@@H](C)O)ccc2S(=O)(=O)N([C@@H](C)CO)C[C@@H]1C. The maximum atomic E-state index is 13.4. The lowest BCUT2D eigenvalue weighted by atomic mass is 10.0. The van der Waals surface area contributed by atoms with Gasteiger partial charge >= 0.3 is 0 Å². The standard InChI is InChI=1S/C22H34N2O5S/c1-6-11-23(5)14-21-16(2)13-24(17(3)15-25)30(27,28)22-10-9-19(8-7-18(4)26)12-20(22)29-21/h9-10,12,16-18,21,25-26H,6,11,13-15H2,1-5H3/t16-,17-,18+,21-/m0/s1. The lowest BCUT2D eigenvalue weighted by Crippen LogP contribution is -2.49. The molecule has 0 unspecified atom stereocenters. The smallest absolute Gasteiger partial charge is 0.247 e. The van der Waals surface area contributed by atoms with Crippen LogP contribution in [0.5, 0.6) is 5.75 Å². The summed E-state index contributed by atoms with van der Waals surface area (Å²) in [5, 5.41) is 19.1. The van der Waals surface area contributed by atoms with Crippen LogP contribution in [0.4, 0.5) is 0 Å². The minimum atomic E-state index is -3.86. The van der Waals surface area contributed by atoms with E-state index < -0.39 is 22.2 Å². The van der Waals surface area contributed by atoms with Crippen LogP contribution in [0, 0.1) is 17.8 Å². The Labute approximate surface area is 180 Å². The second-order valence-electron chi connectivity index (χ2n) is 8.11. The van der Waals surface area contributed by atoms with Crippen LogP contribution in [-0.2, 0) is 10.0 Å². The molecule has 0 bridgehead atoms. The van der Waals surface area contributed by atoms with Gasteiger partial charge in [-0.05, 0) is 52.1 Å². The number of hydrogen-bond acceptors (Lipinski definition) is 6. The van der Waals surface area contributed by atoms with E-state index in [9.17, 15) is 18.6 Å². The zero-order valence-corrected chi connectivity index (χ0v) is 19.3. The molecule has 0 amide bonds. The first-order chi connectivity index (χ1) is 14.1. The number of ether oxygens (including phenoxy) is 1. The predicted molar refractivity (Wildman–Crippen MR) is 117 cm³/mol. The van der Waals surface area contributed by atoms with Crippen LogP contribution < -0.4 is 4.74 Å². The molecule has 1 aliphatic heterocycles. The van der Waals surface area contributed by atoms with Crippen LogP contribution >= 0.6 is 0 Å². The zero-order valence-electron chi connectivity index (χ0n) is 18.5. The maximum absolute atomic E-state index is 13.4. The van der Waals surface area contributed by atoms with Gasteiger partial charge in [-0.15, -0.1) is 0 Å². The maximum Gasteiger partial charge on any atom is 0.247 e. The van der Waals surface area contributed by atoms with Gasteiger partial charge in [0.15, 0.2) is 0 Å². The van der Waals surface area contributed by atoms with E-state index in [0.717, 1.165) is 13.0 Å². The van der Waals surface area contributed by atoms with Crippen molar-refractivity contribution >= 4 is 10.0 Å². The fourth-order valence-corrected chi connectivity index (χ4v) is 5.31. The molecular weight excluding hydrogens is 404 g/mol. The number of likely N-dealkylation sites (N-methyl/N-ethyl adjacent to an activating group) is 1. The third kappa shape index (κ3) is 5.96. The topological polar surface area (TPSA) is 90.3 Å². The van der Waals surface area contributed by atoms with E-state index >= 15 is 0 Å². The zero-order chi connectivity index (χ0) is 22.5. The first-order valence-corrected chi connectivity index (χ1v) is 11.9. The molecule has 30 heavy (non-hydrogen) atoms. The number of hydrogen-bond donors (Lipinski definition) is 2. The monoisotopic (exact) mass is 438 g/mol. The fourth-order valence-electron chi connectivity index (χ4n) is 3.49. The van der Waals surface area contributed by atoms with Crippen molar-refractivity contribution in [1.82, 2.24) is 9.21 Å². The molecule has 0 radical (unpaired) electrons. The predicted octanol–water partition coefficient (Wildman–Crippen LogP) is 1.53. The summed E-state index contributed by atoms with van der Waals surface area (Å²) in [6.07, 6.45) is -0.00725. The van der Waals surface area contributed by atoms with E-state index in [1.165, 1.54) is 10.4 Å². The molecule has 1 aromatic rings. The van der Waals surface area contributed by atoms with E-state index in [1.807, 2.05) is 14.0 Å². The lowest BCUT2D eigenvalue weighted by Gasteiger charge is -2.37. The number of fused-ring (bicyclic) bond motifs is 1. The second kappa shape index (κ2) is 10.6. The molecular formula is C22H34N2O5S. The highest BCUT2D eigenvalue weighted by molar-refractivity contribution is 7.89. The summed E-state index contributed by atoms with van der Waals surface area (Å²) in [4.78, 5) is 2.24. The van der Waals surface area contributed by atoms with Gasteiger partial charge in [-0.1, -0.05) is 25.7 Å². The molecule has 0 spiro atoms.